The molecule has 2 aliphatic rings. The lowest BCUT2D eigenvalue weighted by molar-refractivity contribution is 0.277. The van der Waals surface area contributed by atoms with Crippen molar-refractivity contribution in [2.75, 3.05) is 25.0 Å². The van der Waals surface area contributed by atoms with Crippen molar-refractivity contribution in [3.05, 3.63) is 30.1 Å². The molecule has 0 aromatic heterocycles. The highest BCUT2D eigenvalue weighted by atomic mass is 19.1. The topological polar surface area (TPSA) is 62.4 Å². The highest BCUT2D eigenvalue weighted by Gasteiger charge is 2.21. The summed E-state index contributed by atoms with van der Waals surface area (Å²) in [5.74, 6) is 2.52. The minimum Gasteiger partial charge on any atom is -0.356 e. The summed E-state index contributed by atoms with van der Waals surface area (Å²) in [5.41, 5.74) is 6.62. The van der Waals surface area contributed by atoms with E-state index in [0.29, 0.717) is 11.8 Å². The average Bonchev–Trinajstić information content (AvgIpc) is 2.71. The van der Waals surface area contributed by atoms with Crippen LogP contribution in [0, 0.1) is 23.6 Å². The van der Waals surface area contributed by atoms with Gasteiger partial charge in [-0.15, -0.1) is 0 Å². The first kappa shape index (κ1) is 20.1. The fourth-order valence-corrected chi connectivity index (χ4v) is 4.48. The van der Waals surface area contributed by atoms with Gasteiger partial charge in [0.15, 0.2) is 5.96 Å². The zero-order chi connectivity index (χ0) is 18.9. The van der Waals surface area contributed by atoms with Crippen molar-refractivity contribution in [2.45, 2.75) is 57.8 Å². The maximum atomic E-state index is 13.5. The number of anilines is 1. The summed E-state index contributed by atoms with van der Waals surface area (Å²) < 4.78 is 13.5. The second-order valence-electron chi connectivity index (χ2n) is 8.34. The highest BCUT2D eigenvalue weighted by Crippen LogP contribution is 2.28. The number of guanidine groups is 1. The fourth-order valence-electron chi connectivity index (χ4n) is 4.48. The van der Waals surface area contributed by atoms with Crippen molar-refractivity contribution in [2.24, 2.45) is 28.5 Å². The van der Waals surface area contributed by atoms with Crippen LogP contribution in [0.5, 0.6) is 0 Å². The molecule has 0 spiro atoms. The van der Waals surface area contributed by atoms with Gasteiger partial charge in [0.25, 0.3) is 0 Å². The minimum atomic E-state index is -0.232. The molecule has 1 aromatic carbocycles. The van der Waals surface area contributed by atoms with Crippen LogP contribution in [0.25, 0.3) is 0 Å². The van der Waals surface area contributed by atoms with Gasteiger partial charge in [0.05, 0.1) is 0 Å². The molecule has 0 amide bonds. The van der Waals surface area contributed by atoms with Crippen molar-refractivity contribution >= 4 is 11.6 Å². The largest absolute Gasteiger partial charge is 0.356 e. The maximum Gasteiger partial charge on any atom is 0.195 e. The molecule has 5 heteroatoms. The zero-order valence-electron chi connectivity index (χ0n) is 16.4. The van der Waals surface area contributed by atoms with Gasteiger partial charge in [-0.3, -0.25) is 4.99 Å². The van der Waals surface area contributed by atoms with Gasteiger partial charge in [0.2, 0.25) is 0 Å². The summed E-state index contributed by atoms with van der Waals surface area (Å²) in [6.45, 7) is 2.54. The molecule has 0 saturated heterocycles. The lowest BCUT2D eigenvalue weighted by Gasteiger charge is -2.27. The van der Waals surface area contributed by atoms with Gasteiger partial charge in [0.1, 0.15) is 5.82 Å². The molecule has 1 aromatic rings. The van der Waals surface area contributed by atoms with E-state index in [4.69, 9.17) is 10.7 Å². The molecular weight excluding hydrogens is 339 g/mol. The lowest BCUT2D eigenvalue weighted by atomic mass is 9.81. The van der Waals surface area contributed by atoms with Crippen LogP contribution in [0.2, 0.25) is 0 Å². The Hall–Kier alpha value is -1.62. The monoisotopic (exact) mass is 374 g/mol. The highest BCUT2D eigenvalue weighted by molar-refractivity contribution is 5.93. The van der Waals surface area contributed by atoms with Crippen LogP contribution < -0.4 is 16.4 Å². The number of hydrogen-bond donors (Lipinski definition) is 3. The standard InChI is InChI=1S/C22H35FN4/c23-20-10-5-11-21(13-20)27-22(25-15-17-6-2-1-3-7-17)26-16-19-9-4-8-18(12-19)14-24/h5,10-11,13,17-19H,1-4,6-9,12,14-16,24H2,(H2,25,26,27). The third-order valence-electron chi connectivity index (χ3n) is 6.10. The van der Waals surface area contributed by atoms with E-state index in [9.17, 15) is 4.39 Å². The van der Waals surface area contributed by atoms with Crippen molar-refractivity contribution in [3.63, 3.8) is 0 Å². The van der Waals surface area contributed by atoms with E-state index in [-0.39, 0.29) is 5.82 Å². The van der Waals surface area contributed by atoms with Gasteiger partial charge >= 0.3 is 0 Å². The van der Waals surface area contributed by atoms with Crippen LogP contribution >= 0.6 is 0 Å². The molecule has 4 nitrogen and oxygen atoms in total. The summed E-state index contributed by atoms with van der Waals surface area (Å²) >= 11 is 0. The number of benzene rings is 1. The van der Waals surface area contributed by atoms with E-state index in [0.717, 1.165) is 37.2 Å². The molecule has 27 heavy (non-hydrogen) atoms. The number of nitrogens with two attached hydrogens (primary N) is 1. The Balaban J connectivity index is 1.60. The first-order chi connectivity index (χ1) is 13.2. The third-order valence-corrected chi connectivity index (χ3v) is 6.10. The van der Waals surface area contributed by atoms with E-state index in [1.54, 1.807) is 6.07 Å². The quantitative estimate of drug-likeness (QED) is 0.506. The SMILES string of the molecule is NCC1CCCC(CN=C(NCC2CCCCC2)Nc2cccc(F)c2)C1. The lowest BCUT2D eigenvalue weighted by Crippen LogP contribution is -2.36. The van der Waals surface area contributed by atoms with Gasteiger partial charge in [-0.1, -0.05) is 31.7 Å². The molecule has 0 radical (unpaired) electrons. The second kappa shape index (κ2) is 10.6. The zero-order valence-corrected chi connectivity index (χ0v) is 16.4. The fraction of sp³-hybridized carbons (Fsp3) is 0.682. The van der Waals surface area contributed by atoms with E-state index < -0.39 is 0 Å². The molecule has 150 valence electrons. The van der Waals surface area contributed by atoms with Crippen molar-refractivity contribution < 1.29 is 4.39 Å². The normalized spacial score (nSPS) is 24.6. The van der Waals surface area contributed by atoms with E-state index in [1.165, 1.54) is 69.9 Å². The summed E-state index contributed by atoms with van der Waals surface area (Å²) in [7, 11) is 0. The van der Waals surface area contributed by atoms with Crippen molar-refractivity contribution in [1.29, 1.82) is 0 Å². The number of nitrogens with zero attached hydrogens (tertiary/aromatic N) is 1. The molecule has 0 bridgehead atoms. The van der Waals surface area contributed by atoms with Crippen molar-refractivity contribution in [3.8, 4) is 0 Å². The Morgan fingerprint density at radius 3 is 2.59 bits per heavy atom. The number of aliphatic imine (C=N–C) groups is 1. The van der Waals surface area contributed by atoms with Crippen LogP contribution in [0.3, 0.4) is 0 Å². The van der Waals surface area contributed by atoms with Crippen LogP contribution in [0.4, 0.5) is 10.1 Å². The molecule has 3 rings (SSSR count). The van der Waals surface area contributed by atoms with Gasteiger partial charge in [0, 0.05) is 18.8 Å². The molecule has 2 atom stereocenters. The maximum absolute atomic E-state index is 13.5. The molecule has 0 heterocycles. The molecule has 2 aliphatic carbocycles. The van der Waals surface area contributed by atoms with E-state index in [2.05, 4.69) is 10.6 Å². The van der Waals surface area contributed by atoms with Crippen LogP contribution in [-0.2, 0) is 0 Å². The van der Waals surface area contributed by atoms with Gasteiger partial charge < -0.3 is 16.4 Å². The Morgan fingerprint density at radius 1 is 1.04 bits per heavy atom. The Labute approximate surface area is 163 Å². The van der Waals surface area contributed by atoms with Crippen molar-refractivity contribution in [1.82, 2.24) is 5.32 Å². The number of nitrogens with one attached hydrogen (secondary N) is 2. The number of halogens is 1. The van der Waals surface area contributed by atoms with E-state index in [1.807, 2.05) is 6.07 Å². The number of rotatable bonds is 6. The van der Waals surface area contributed by atoms with Gasteiger partial charge in [-0.2, -0.15) is 0 Å². The first-order valence-electron chi connectivity index (χ1n) is 10.7. The predicted octanol–water partition coefficient (Wildman–Crippen LogP) is 4.53. The van der Waals surface area contributed by atoms with E-state index >= 15 is 0 Å². The second-order valence-corrected chi connectivity index (χ2v) is 8.34. The molecule has 0 aliphatic heterocycles. The van der Waals surface area contributed by atoms with Gasteiger partial charge in [-0.05, 0) is 74.6 Å². The average molecular weight is 375 g/mol. The molecule has 4 N–H and O–H groups in total. The molecular formula is C22H35FN4. The molecule has 2 unspecified atom stereocenters. The smallest absolute Gasteiger partial charge is 0.195 e. The Morgan fingerprint density at radius 2 is 1.81 bits per heavy atom. The summed E-state index contributed by atoms with van der Waals surface area (Å²) in [4.78, 5) is 4.86. The van der Waals surface area contributed by atoms with Crippen LogP contribution in [0.15, 0.2) is 29.3 Å². The molecule has 2 fully saturated rings. The summed E-state index contributed by atoms with van der Waals surface area (Å²) in [6, 6.07) is 6.59. The number of hydrogen-bond acceptors (Lipinski definition) is 2. The van der Waals surface area contributed by atoms with Gasteiger partial charge in [-0.25, -0.2) is 4.39 Å². The Kier molecular flexibility index (Phi) is 7.93. The van der Waals surface area contributed by atoms with Crippen LogP contribution in [0.1, 0.15) is 57.8 Å². The molecule has 2 saturated carbocycles. The third kappa shape index (κ3) is 6.80. The predicted molar refractivity (Wildman–Crippen MR) is 111 cm³/mol. The Bertz CT molecular complexity index is 598. The summed E-state index contributed by atoms with van der Waals surface area (Å²) in [5, 5.41) is 6.81. The van der Waals surface area contributed by atoms with Crippen LogP contribution in [-0.4, -0.2) is 25.6 Å². The minimum absolute atomic E-state index is 0.232. The first-order valence-corrected chi connectivity index (χ1v) is 10.7. The summed E-state index contributed by atoms with van der Waals surface area (Å²) in [6.07, 6.45) is 11.5.